The summed E-state index contributed by atoms with van der Waals surface area (Å²) < 4.78 is 26.4. The van der Waals surface area contributed by atoms with Gasteiger partial charge in [-0.15, -0.1) is 0 Å². The Bertz CT molecular complexity index is 821. The van der Waals surface area contributed by atoms with Crippen LogP contribution in [0.2, 0.25) is 5.02 Å². The van der Waals surface area contributed by atoms with E-state index in [1.165, 1.54) is 25.2 Å². The van der Waals surface area contributed by atoms with Gasteiger partial charge in [0.15, 0.2) is 0 Å². The van der Waals surface area contributed by atoms with Crippen molar-refractivity contribution in [2.45, 2.75) is 14.7 Å². The van der Waals surface area contributed by atoms with Crippen molar-refractivity contribution in [2.75, 3.05) is 7.05 Å². The van der Waals surface area contributed by atoms with Crippen LogP contribution < -0.4 is 9.83 Å². The quantitative estimate of drug-likeness (QED) is 0.882. The average molecular weight is 357 g/mol. The van der Waals surface area contributed by atoms with Crippen molar-refractivity contribution in [3.05, 3.63) is 53.1 Å². The SMILES string of the molecule is CNS(=O)(=O)c1cc(Cl)ccc1Sc1ccccc1C(=O)[O-]. The van der Waals surface area contributed by atoms with Crippen LogP contribution in [0.4, 0.5) is 0 Å². The Hall–Kier alpha value is -1.54. The minimum absolute atomic E-state index is 0.00439. The zero-order valence-electron chi connectivity index (χ0n) is 11.4. The zero-order valence-corrected chi connectivity index (χ0v) is 13.8. The second kappa shape index (κ2) is 6.70. The second-order valence-corrected chi connectivity index (χ2v) is 7.56. The van der Waals surface area contributed by atoms with Gasteiger partial charge in [0, 0.05) is 20.4 Å². The molecular weight excluding hydrogens is 346 g/mol. The second-order valence-electron chi connectivity index (χ2n) is 4.18. The minimum Gasteiger partial charge on any atom is -0.545 e. The van der Waals surface area contributed by atoms with Gasteiger partial charge in [0.1, 0.15) is 0 Å². The standard InChI is InChI=1S/C14H12ClNO4S2/c1-16-22(19,20)13-8-9(15)6-7-12(13)21-11-5-3-2-4-10(11)14(17)18/h2-8,16H,1H3,(H,17,18)/p-1. The number of carboxylic acid groups (broad SMARTS) is 1. The Morgan fingerprint density at radius 1 is 1.18 bits per heavy atom. The molecule has 0 unspecified atom stereocenters. The van der Waals surface area contributed by atoms with Crippen molar-refractivity contribution in [3.8, 4) is 0 Å². The first-order valence-corrected chi connectivity index (χ1v) is 8.74. The number of rotatable bonds is 5. The van der Waals surface area contributed by atoms with E-state index in [1.807, 2.05) is 0 Å². The van der Waals surface area contributed by atoms with Crippen LogP contribution in [0.25, 0.3) is 0 Å². The van der Waals surface area contributed by atoms with Crippen molar-refractivity contribution in [3.63, 3.8) is 0 Å². The molecule has 8 heteroatoms. The van der Waals surface area contributed by atoms with Crippen LogP contribution in [0.1, 0.15) is 10.4 Å². The lowest BCUT2D eigenvalue weighted by atomic mass is 10.2. The molecule has 0 heterocycles. The van der Waals surface area contributed by atoms with E-state index in [1.54, 1.807) is 24.3 Å². The fourth-order valence-electron chi connectivity index (χ4n) is 1.73. The number of hydrogen-bond donors (Lipinski definition) is 1. The molecule has 5 nitrogen and oxygen atoms in total. The summed E-state index contributed by atoms with van der Waals surface area (Å²) in [5.74, 6) is -1.32. The molecule has 2 aromatic rings. The molecule has 0 saturated heterocycles. The lowest BCUT2D eigenvalue weighted by Crippen LogP contribution is -2.23. The van der Waals surface area contributed by atoms with Gasteiger partial charge in [-0.1, -0.05) is 41.6 Å². The zero-order chi connectivity index (χ0) is 16.3. The number of halogens is 1. The number of sulfonamides is 1. The minimum atomic E-state index is -3.72. The molecule has 0 fully saturated rings. The van der Waals surface area contributed by atoms with Crippen LogP contribution in [-0.4, -0.2) is 21.4 Å². The number of nitrogens with one attached hydrogen (secondary N) is 1. The van der Waals surface area contributed by atoms with Crippen molar-refractivity contribution in [1.29, 1.82) is 0 Å². The van der Waals surface area contributed by atoms with E-state index in [0.717, 1.165) is 11.8 Å². The maximum atomic E-state index is 12.1. The molecule has 0 atom stereocenters. The highest BCUT2D eigenvalue weighted by Gasteiger charge is 2.19. The molecule has 0 bridgehead atoms. The highest BCUT2D eigenvalue weighted by Crippen LogP contribution is 2.35. The van der Waals surface area contributed by atoms with Crippen LogP contribution in [0.15, 0.2) is 57.2 Å². The molecular formula is C14H11ClNO4S2-. The summed E-state index contributed by atoms with van der Waals surface area (Å²) in [6, 6.07) is 10.6. The third kappa shape index (κ3) is 3.61. The maximum absolute atomic E-state index is 12.1. The van der Waals surface area contributed by atoms with E-state index in [2.05, 4.69) is 4.72 Å². The fourth-order valence-corrected chi connectivity index (χ4v) is 4.20. The predicted octanol–water partition coefficient (Wildman–Crippen LogP) is 1.76. The van der Waals surface area contributed by atoms with Crippen molar-refractivity contribution < 1.29 is 18.3 Å². The molecule has 0 saturated carbocycles. The Labute approximate surface area is 137 Å². The third-order valence-corrected chi connectivity index (χ3v) is 5.76. The molecule has 0 aromatic heterocycles. The summed E-state index contributed by atoms with van der Waals surface area (Å²) in [5.41, 5.74) is -0.00439. The summed E-state index contributed by atoms with van der Waals surface area (Å²) >= 11 is 6.88. The summed E-state index contributed by atoms with van der Waals surface area (Å²) in [6.45, 7) is 0. The van der Waals surface area contributed by atoms with E-state index < -0.39 is 16.0 Å². The lowest BCUT2D eigenvalue weighted by molar-refractivity contribution is -0.255. The molecule has 0 amide bonds. The van der Waals surface area contributed by atoms with Gasteiger partial charge in [-0.25, -0.2) is 13.1 Å². The van der Waals surface area contributed by atoms with Gasteiger partial charge in [0.2, 0.25) is 10.0 Å². The van der Waals surface area contributed by atoms with Crippen molar-refractivity contribution in [2.24, 2.45) is 0 Å². The highest BCUT2D eigenvalue weighted by atomic mass is 35.5. The molecule has 0 spiro atoms. The number of carboxylic acids is 1. The molecule has 0 aliphatic heterocycles. The van der Waals surface area contributed by atoms with Gasteiger partial charge >= 0.3 is 0 Å². The molecule has 1 N–H and O–H groups in total. The Balaban J connectivity index is 2.54. The van der Waals surface area contributed by atoms with Crippen LogP contribution in [0.3, 0.4) is 0 Å². The topological polar surface area (TPSA) is 86.3 Å². The predicted molar refractivity (Wildman–Crippen MR) is 82.6 cm³/mol. The third-order valence-electron chi connectivity index (χ3n) is 2.79. The summed E-state index contributed by atoms with van der Waals surface area (Å²) in [6.07, 6.45) is 0. The molecule has 22 heavy (non-hydrogen) atoms. The maximum Gasteiger partial charge on any atom is 0.241 e. The number of aromatic carboxylic acids is 1. The number of carbonyl (C=O) groups excluding carboxylic acids is 1. The Kier molecular flexibility index (Phi) is 5.12. The molecule has 0 aliphatic rings. The van der Waals surface area contributed by atoms with Crippen molar-refractivity contribution in [1.82, 2.24) is 4.72 Å². The summed E-state index contributed by atoms with van der Waals surface area (Å²) in [7, 11) is -2.43. The normalized spacial score (nSPS) is 11.4. The molecule has 2 rings (SSSR count). The summed E-state index contributed by atoms with van der Waals surface area (Å²) in [5, 5.41) is 11.4. The fraction of sp³-hybridized carbons (Fsp3) is 0.0714. The van der Waals surface area contributed by atoms with Crippen LogP contribution in [0, 0.1) is 0 Å². The van der Waals surface area contributed by atoms with E-state index in [9.17, 15) is 18.3 Å². The molecule has 2 aromatic carbocycles. The number of benzene rings is 2. The Morgan fingerprint density at radius 3 is 2.50 bits per heavy atom. The van der Waals surface area contributed by atoms with Crippen LogP contribution in [-0.2, 0) is 10.0 Å². The van der Waals surface area contributed by atoms with Gasteiger partial charge in [-0.2, -0.15) is 0 Å². The van der Waals surface area contributed by atoms with E-state index in [4.69, 9.17) is 11.6 Å². The van der Waals surface area contributed by atoms with E-state index >= 15 is 0 Å². The highest BCUT2D eigenvalue weighted by molar-refractivity contribution is 8.00. The Morgan fingerprint density at radius 2 is 1.86 bits per heavy atom. The van der Waals surface area contributed by atoms with E-state index in [0.29, 0.717) is 9.79 Å². The largest absolute Gasteiger partial charge is 0.545 e. The number of carbonyl (C=O) groups is 1. The van der Waals surface area contributed by atoms with Gasteiger partial charge in [-0.3, -0.25) is 0 Å². The lowest BCUT2D eigenvalue weighted by Gasteiger charge is -2.13. The first-order chi connectivity index (χ1) is 10.3. The van der Waals surface area contributed by atoms with Gasteiger partial charge < -0.3 is 9.90 Å². The first kappa shape index (κ1) is 16.8. The monoisotopic (exact) mass is 356 g/mol. The van der Waals surface area contributed by atoms with Crippen LogP contribution >= 0.6 is 23.4 Å². The first-order valence-electron chi connectivity index (χ1n) is 6.06. The number of hydrogen-bond acceptors (Lipinski definition) is 5. The van der Waals surface area contributed by atoms with Crippen LogP contribution in [0.5, 0.6) is 0 Å². The van der Waals surface area contributed by atoms with E-state index in [-0.39, 0.29) is 15.5 Å². The molecule has 0 aliphatic carbocycles. The average Bonchev–Trinajstić information content (AvgIpc) is 2.49. The smallest absolute Gasteiger partial charge is 0.241 e. The van der Waals surface area contributed by atoms with Crippen molar-refractivity contribution >= 4 is 39.4 Å². The molecule has 116 valence electrons. The molecule has 0 radical (unpaired) electrons. The van der Waals surface area contributed by atoms with Gasteiger partial charge in [0.05, 0.1) is 10.9 Å². The van der Waals surface area contributed by atoms with Gasteiger partial charge in [0.25, 0.3) is 0 Å². The van der Waals surface area contributed by atoms with Gasteiger partial charge in [-0.05, 0) is 31.3 Å². The summed E-state index contributed by atoms with van der Waals surface area (Å²) in [4.78, 5) is 11.9.